The number of fused-ring (bicyclic) bond motifs is 3. The Balaban J connectivity index is 1.24. The van der Waals surface area contributed by atoms with Crippen LogP contribution in [0.15, 0.2) is 78.9 Å². The fourth-order valence-corrected chi connectivity index (χ4v) is 4.81. The first-order valence-corrected chi connectivity index (χ1v) is 10.5. The molecule has 3 nitrogen and oxygen atoms in total. The Morgan fingerprint density at radius 2 is 1.48 bits per heavy atom. The van der Waals surface area contributed by atoms with Gasteiger partial charge in [0.2, 0.25) is 5.91 Å². The molecular weight excluding hydrogens is 356 g/mol. The lowest BCUT2D eigenvalue weighted by Crippen LogP contribution is -2.40. The number of rotatable bonds is 5. The molecule has 0 saturated carbocycles. The van der Waals surface area contributed by atoms with E-state index in [-0.39, 0.29) is 17.9 Å². The lowest BCUT2D eigenvalue weighted by molar-refractivity contribution is -0.122. The van der Waals surface area contributed by atoms with Crippen molar-refractivity contribution in [3.8, 4) is 11.1 Å². The van der Waals surface area contributed by atoms with Gasteiger partial charge in [-0.15, -0.1) is 0 Å². The molecule has 1 saturated heterocycles. The number of carbonyl (C=O) groups is 1. The third kappa shape index (κ3) is 3.58. The number of hydrogen-bond acceptors (Lipinski definition) is 2. The largest absolute Gasteiger partial charge is 0.351 e. The molecule has 0 bridgehead atoms. The van der Waals surface area contributed by atoms with Crippen molar-refractivity contribution >= 4 is 5.91 Å². The zero-order valence-corrected chi connectivity index (χ0v) is 16.6. The van der Waals surface area contributed by atoms with Crippen molar-refractivity contribution in [3.05, 3.63) is 95.6 Å². The Kier molecular flexibility index (Phi) is 4.91. The van der Waals surface area contributed by atoms with E-state index in [1.54, 1.807) is 0 Å². The van der Waals surface area contributed by atoms with E-state index in [2.05, 4.69) is 76.9 Å². The second-order valence-corrected chi connectivity index (χ2v) is 8.14. The van der Waals surface area contributed by atoms with E-state index in [1.165, 1.54) is 16.7 Å². The van der Waals surface area contributed by atoms with Crippen LogP contribution in [0.5, 0.6) is 0 Å². The molecule has 0 radical (unpaired) electrons. The van der Waals surface area contributed by atoms with Crippen LogP contribution in [0.2, 0.25) is 0 Å². The van der Waals surface area contributed by atoms with Gasteiger partial charge in [0, 0.05) is 25.7 Å². The number of hydrogen-bond donors (Lipinski definition) is 1. The third-order valence-electron chi connectivity index (χ3n) is 6.27. The third-order valence-corrected chi connectivity index (χ3v) is 6.27. The van der Waals surface area contributed by atoms with Crippen molar-refractivity contribution in [3.63, 3.8) is 0 Å². The standard InChI is InChI=1S/C26H26N2O/c29-26(25-23-12-6-4-10-21(23)22-11-5-7-13-24(22)25)27-20-15-17-28(18-20)16-14-19-8-2-1-3-9-19/h1-13,20,25H,14-18H2,(H,27,29)/t20-/m0/s1. The average Bonchev–Trinajstić information content (AvgIpc) is 3.35. The molecule has 2 aliphatic rings. The SMILES string of the molecule is O=C(N[C@H]1CCN(CCc2ccccc2)C1)C1c2ccccc2-c2ccccc21. The highest BCUT2D eigenvalue weighted by Crippen LogP contribution is 2.44. The van der Waals surface area contributed by atoms with Crippen molar-refractivity contribution in [2.45, 2.75) is 24.8 Å². The lowest BCUT2D eigenvalue weighted by Gasteiger charge is -2.19. The molecule has 0 unspecified atom stereocenters. The molecule has 29 heavy (non-hydrogen) atoms. The molecule has 1 atom stereocenters. The zero-order chi connectivity index (χ0) is 19.6. The molecule has 3 aromatic rings. The summed E-state index contributed by atoms with van der Waals surface area (Å²) in [4.78, 5) is 15.7. The molecular formula is C26H26N2O. The number of benzene rings is 3. The quantitative estimate of drug-likeness (QED) is 0.716. The first kappa shape index (κ1) is 18.1. The van der Waals surface area contributed by atoms with Crippen molar-refractivity contribution in [1.29, 1.82) is 0 Å². The molecule has 1 heterocycles. The highest BCUT2D eigenvalue weighted by Gasteiger charge is 2.35. The monoisotopic (exact) mass is 382 g/mol. The summed E-state index contributed by atoms with van der Waals surface area (Å²) in [5.41, 5.74) is 6.02. The minimum Gasteiger partial charge on any atom is -0.351 e. The minimum absolute atomic E-state index is 0.136. The molecule has 1 amide bonds. The van der Waals surface area contributed by atoms with Gasteiger partial charge in [0.1, 0.15) is 0 Å². The summed E-state index contributed by atoms with van der Waals surface area (Å²) in [6.07, 6.45) is 2.08. The Bertz CT molecular complexity index is 968. The van der Waals surface area contributed by atoms with Crippen LogP contribution >= 0.6 is 0 Å². The lowest BCUT2D eigenvalue weighted by atomic mass is 9.95. The number of carbonyl (C=O) groups excluding carboxylic acids is 1. The number of likely N-dealkylation sites (tertiary alicyclic amines) is 1. The van der Waals surface area contributed by atoms with Crippen LogP contribution in [0.3, 0.4) is 0 Å². The molecule has 3 heteroatoms. The van der Waals surface area contributed by atoms with Gasteiger partial charge in [-0.3, -0.25) is 4.79 Å². The van der Waals surface area contributed by atoms with Gasteiger partial charge in [-0.05, 0) is 40.7 Å². The normalized spacial score (nSPS) is 18.4. The predicted molar refractivity (Wildman–Crippen MR) is 117 cm³/mol. The highest BCUT2D eigenvalue weighted by molar-refractivity contribution is 5.96. The first-order chi connectivity index (χ1) is 14.3. The topological polar surface area (TPSA) is 32.3 Å². The summed E-state index contributed by atoms with van der Waals surface area (Å²) in [6, 6.07) is 27.5. The predicted octanol–water partition coefficient (Wildman–Crippen LogP) is 4.23. The van der Waals surface area contributed by atoms with Crippen LogP contribution in [-0.4, -0.2) is 36.5 Å². The molecule has 0 spiro atoms. The van der Waals surface area contributed by atoms with Crippen molar-refractivity contribution in [1.82, 2.24) is 10.2 Å². The summed E-state index contributed by atoms with van der Waals surface area (Å²) in [5, 5.41) is 3.35. The fourth-order valence-electron chi connectivity index (χ4n) is 4.81. The van der Waals surface area contributed by atoms with E-state index >= 15 is 0 Å². The van der Waals surface area contributed by atoms with Gasteiger partial charge in [-0.1, -0.05) is 78.9 Å². The fraction of sp³-hybridized carbons (Fsp3) is 0.269. The molecule has 1 aliphatic heterocycles. The Labute approximate surface area is 172 Å². The van der Waals surface area contributed by atoms with Gasteiger partial charge in [-0.2, -0.15) is 0 Å². The Morgan fingerprint density at radius 1 is 0.862 bits per heavy atom. The van der Waals surface area contributed by atoms with Crippen LogP contribution < -0.4 is 5.32 Å². The first-order valence-electron chi connectivity index (χ1n) is 10.5. The maximum absolute atomic E-state index is 13.3. The van der Waals surface area contributed by atoms with E-state index in [0.29, 0.717) is 0 Å². The van der Waals surface area contributed by atoms with Crippen molar-refractivity contribution in [2.24, 2.45) is 0 Å². The Morgan fingerprint density at radius 3 is 2.17 bits per heavy atom. The summed E-state index contributed by atoms with van der Waals surface area (Å²) in [7, 11) is 0. The summed E-state index contributed by atoms with van der Waals surface area (Å²) < 4.78 is 0. The number of nitrogens with one attached hydrogen (secondary N) is 1. The van der Waals surface area contributed by atoms with Gasteiger partial charge in [0.25, 0.3) is 0 Å². The number of amides is 1. The molecule has 146 valence electrons. The maximum atomic E-state index is 13.3. The van der Waals surface area contributed by atoms with Crippen molar-refractivity contribution in [2.75, 3.05) is 19.6 Å². The molecule has 1 N–H and O–H groups in total. The molecule has 5 rings (SSSR count). The Hall–Kier alpha value is -2.91. The van der Waals surface area contributed by atoms with E-state index in [0.717, 1.165) is 43.6 Å². The van der Waals surface area contributed by atoms with Gasteiger partial charge < -0.3 is 10.2 Å². The van der Waals surface area contributed by atoms with Crippen LogP contribution in [0.1, 0.15) is 29.0 Å². The van der Waals surface area contributed by atoms with E-state index in [4.69, 9.17) is 0 Å². The van der Waals surface area contributed by atoms with E-state index < -0.39 is 0 Å². The summed E-state index contributed by atoms with van der Waals surface area (Å²) in [5.74, 6) is -0.0573. The van der Waals surface area contributed by atoms with Crippen LogP contribution in [-0.2, 0) is 11.2 Å². The van der Waals surface area contributed by atoms with E-state index in [1.807, 2.05) is 12.1 Å². The van der Waals surface area contributed by atoms with Gasteiger partial charge in [0.05, 0.1) is 5.92 Å². The summed E-state index contributed by atoms with van der Waals surface area (Å²) >= 11 is 0. The second kappa shape index (κ2) is 7.84. The van der Waals surface area contributed by atoms with Crippen molar-refractivity contribution < 1.29 is 4.79 Å². The van der Waals surface area contributed by atoms with Crippen LogP contribution in [0.25, 0.3) is 11.1 Å². The maximum Gasteiger partial charge on any atom is 0.232 e. The van der Waals surface area contributed by atoms with Crippen LogP contribution in [0, 0.1) is 0 Å². The number of nitrogens with zero attached hydrogens (tertiary/aromatic N) is 1. The molecule has 3 aromatic carbocycles. The average molecular weight is 383 g/mol. The van der Waals surface area contributed by atoms with Crippen LogP contribution in [0.4, 0.5) is 0 Å². The molecule has 1 fully saturated rings. The van der Waals surface area contributed by atoms with E-state index in [9.17, 15) is 4.79 Å². The zero-order valence-electron chi connectivity index (χ0n) is 16.6. The van der Waals surface area contributed by atoms with Gasteiger partial charge >= 0.3 is 0 Å². The molecule has 0 aromatic heterocycles. The second-order valence-electron chi connectivity index (χ2n) is 8.14. The van der Waals surface area contributed by atoms with Gasteiger partial charge in [0.15, 0.2) is 0 Å². The minimum atomic E-state index is -0.194. The smallest absolute Gasteiger partial charge is 0.232 e. The van der Waals surface area contributed by atoms with Gasteiger partial charge in [-0.25, -0.2) is 0 Å². The summed E-state index contributed by atoms with van der Waals surface area (Å²) in [6.45, 7) is 3.04. The highest BCUT2D eigenvalue weighted by atomic mass is 16.2. The molecule has 1 aliphatic carbocycles.